The highest BCUT2D eigenvalue weighted by Gasteiger charge is 2.22. The molecular weight excluding hydrogens is 446 g/mol. The third-order valence-corrected chi connectivity index (χ3v) is 7.36. The fourth-order valence-corrected chi connectivity index (χ4v) is 5.68. The average Bonchev–Trinajstić information content (AvgIpc) is 3.18. The van der Waals surface area contributed by atoms with Crippen molar-refractivity contribution in [2.75, 3.05) is 12.3 Å². The number of nitrogens with one attached hydrogen (secondary N) is 1. The van der Waals surface area contributed by atoms with Crippen LogP contribution in [-0.4, -0.2) is 38.4 Å². The van der Waals surface area contributed by atoms with Gasteiger partial charge in [0.05, 0.1) is 17.0 Å². The van der Waals surface area contributed by atoms with Crippen LogP contribution < -0.4 is 16.6 Å². The second-order valence-corrected chi connectivity index (χ2v) is 9.66. The van der Waals surface area contributed by atoms with Crippen LogP contribution in [0.15, 0.2) is 64.5 Å². The summed E-state index contributed by atoms with van der Waals surface area (Å²) in [5.74, 6) is 0.194. The molecule has 0 saturated heterocycles. The maximum absolute atomic E-state index is 13.9. The molecule has 1 aliphatic rings. The van der Waals surface area contributed by atoms with E-state index in [1.807, 2.05) is 59.2 Å². The predicted molar refractivity (Wildman–Crippen MR) is 138 cm³/mol. The molecular formula is C26H29N5O2S. The first-order valence-corrected chi connectivity index (χ1v) is 12.9. The van der Waals surface area contributed by atoms with Crippen molar-refractivity contribution in [3.63, 3.8) is 0 Å². The van der Waals surface area contributed by atoms with Crippen LogP contribution in [0.5, 0.6) is 0 Å². The summed E-state index contributed by atoms with van der Waals surface area (Å²) in [5, 5.41) is 4.58. The molecule has 34 heavy (non-hydrogen) atoms. The minimum atomic E-state index is -0.156. The molecule has 1 amide bonds. The summed E-state index contributed by atoms with van der Waals surface area (Å²) in [6, 6.07) is 17.6. The van der Waals surface area contributed by atoms with Crippen LogP contribution in [0.2, 0.25) is 0 Å². The van der Waals surface area contributed by atoms with Crippen LogP contribution in [0.1, 0.15) is 32.1 Å². The normalized spacial score (nSPS) is 14.6. The third-order valence-electron chi connectivity index (χ3n) is 6.42. The Morgan fingerprint density at radius 1 is 1.06 bits per heavy atom. The molecule has 1 saturated carbocycles. The summed E-state index contributed by atoms with van der Waals surface area (Å²) in [5.41, 5.74) is 8.58. The molecule has 2 heterocycles. The van der Waals surface area contributed by atoms with Gasteiger partial charge in [-0.05, 0) is 31.0 Å². The van der Waals surface area contributed by atoms with Crippen LogP contribution >= 0.6 is 11.8 Å². The minimum Gasteiger partial charge on any atom is -0.353 e. The molecule has 2 aromatic heterocycles. The van der Waals surface area contributed by atoms with Crippen LogP contribution in [0.4, 0.5) is 0 Å². The second-order valence-electron chi connectivity index (χ2n) is 8.72. The first-order chi connectivity index (χ1) is 16.7. The first kappa shape index (κ1) is 22.7. The summed E-state index contributed by atoms with van der Waals surface area (Å²) in [6.07, 6.45) is 5.64. The molecule has 4 aromatic rings. The van der Waals surface area contributed by atoms with Crippen LogP contribution in [0, 0.1) is 0 Å². The summed E-state index contributed by atoms with van der Waals surface area (Å²) in [7, 11) is 0. The van der Waals surface area contributed by atoms with E-state index in [-0.39, 0.29) is 23.3 Å². The van der Waals surface area contributed by atoms with Crippen molar-refractivity contribution in [2.45, 2.75) is 49.8 Å². The van der Waals surface area contributed by atoms with Crippen molar-refractivity contribution >= 4 is 39.6 Å². The highest BCUT2D eigenvalue weighted by molar-refractivity contribution is 7.99. The highest BCUT2D eigenvalue weighted by atomic mass is 32.2. The Kier molecular flexibility index (Phi) is 6.69. The molecule has 7 nitrogen and oxygen atoms in total. The van der Waals surface area contributed by atoms with E-state index in [9.17, 15) is 9.59 Å². The van der Waals surface area contributed by atoms with Crippen LogP contribution in [0.3, 0.4) is 0 Å². The molecule has 1 fully saturated rings. The highest BCUT2D eigenvalue weighted by Crippen LogP contribution is 2.29. The maximum atomic E-state index is 13.9. The Labute approximate surface area is 202 Å². The fraction of sp³-hybridized carbons (Fsp3) is 0.346. The molecule has 0 unspecified atom stereocenters. The summed E-state index contributed by atoms with van der Waals surface area (Å²) < 4.78 is 3.58. The van der Waals surface area contributed by atoms with Gasteiger partial charge < -0.3 is 15.6 Å². The molecule has 1 aliphatic carbocycles. The number of amides is 1. The molecule has 0 radical (unpaired) electrons. The van der Waals surface area contributed by atoms with Gasteiger partial charge in [-0.15, -0.1) is 0 Å². The number of para-hydroxylation sites is 2. The molecule has 0 spiro atoms. The molecule has 176 valence electrons. The van der Waals surface area contributed by atoms with Gasteiger partial charge in [0.1, 0.15) is 11.0 Å². The van der Waals surface area contributed by atoms with Crippen molar-refractivity contribution in [3.8, 4) is 5.69 Å². The SMILES string of the molecule is NCCn1c2ccccc2c2nc(SCC(=O)NC3CCCCC3)n(-c3ccccc3)c(=O)c21. The summed E-state index contributed by atoms with van der Waals surface area (Å²) in [4.78, 5) is 31.6. The van der Waals surface area contributed by atoms with Gasteiger partial charge in [0.2, 0.25) is 5.91 Å². The Hall–Kier alpha value is -3.10. The number of nitrogens with zero attached hydrogens (tertiary/aromatic N) is 3. The Bertz CT molecular complexity index is 1370. The van der Waals surface area contributed by atoms with E-state index >= 15 is 0 Å². The smallest absolute Gasteiger partial charge is 0.283 e. The number of thioether (sulfide) groups is 1. The number of nitrogens with two attached hydrogens (primary N) is 1. The zero-order valence-corrected chi connectivity index (χ0v) is 19.9. The molecule has 0 aliphatic heterocycles. The van der Waals surface area contributed by atoms with Crippen molar-refractivity contribution in [2.24, 2.45) is 5.73 Å². The van der Waals surface area contributed by atoms with Crippen molar-refractivity contribution in [3.05, 3.63) is 65.0 Å². The quantitative estimate of drug-likeness (QED) is 0.313. The molecule has 5 rings (SSSR count). The van der Waals surface area contributed by atoms with E-state index in [0.29, 0.717) is 29.3 Å². The number of rotatable bonds is 7. The third kappa shape index (κ3) is 4.35. The van der Waals surface area contributed by atoms with E-state index in [1.54, 1.807) is 4.57 Å². The molecule has 0 atom stereocenters. The number of aromatic nitrogens is 3. The lowest BCUT2D eigenvalue weighted by atomic mass is 9.95. The Morgan fingerprint density at radius 2 is 1.79 bits per heavy atom. The van der Waals surface area contributed by atoms with Gasteiger partial charge in [-0.2, -0.15) is 0 Å². The van der Waals surface area contributed by atoms with Gasteiger partial charge >= 0.3 is 0 Å². The number of fused-ring (bicyclic) bond motifs is 3. The van der Waals surface area contributed by atoms with E-state index < -0.39 is 0 Å². The van der Waals surface area contributed by atoms with E-state index in [0.717, 1.165) is 42.3 Å². The first-order valence-electron chi connectivity index (χ1n) is 11.9. The molecule has 3 N–H and O–H groups in total. The molecule has 2 aromatic carbocycles. The lowest BCUT2D eigenvalue weighted by molar-refractivity contribution is -0.119. The lowest BCUT2D eigenvalue weighted by Gasteiger charge is -2.22. The lowest BCUT2D eigenvalue weighted by Crippen LogP contribution is -2.37. The number of hydrogen-bond donors (Lipinski definition) is 2. The van der Waals surface area contributed by atoms with Gasteiger partial charge in [0, 0.05) is 24.5 Å². The van der Waals surface area contributed by atoms with Gasteiger partial charge in [0.15, 0.2) is 5.16 Å². The average molecular weight is 476 g/mol. The number of benzene rings is 2. The van der Waals surface area contributed by atoms with Crippen molar-refractivity contribution in [1.29, 1.82) is 0 Å². The fourth-order valence-electron chi connectivity index (χ4n) is 4.86. The Morgan fingerprint density at radius 3 is 2.56 bits per heavy atom. The van der Waals surface area contributed by atoms with E-state index in [4.69, 9.17) is 10.7 Å². The van der Waals surface area contributed by atoms with Crippen LogP contribution in [0.25, 0.3) is 27.6 Å². The largest absolute Gasteiger partial charge is 0.353 e. The predicted octanol–water partition coefficient (Wildman–Crippen LogP) is 3.84. The number of hydrogen-bond acceptors (Lipinski definition) is 5. The van der Waals surface area contributed by atoms with Crippen molar-refractivity contribution < 1.29 is 4.79 Å². The molecule has 0 bridgehead atoms. The maximum Gasteiger partial charge on any atom is 0.283 e. The van der Waals surface area contributed by atoms with Gasteiger partial charge in [0.25, 0.3) is 5.56 Å². The monoisotopic (exact) mass is 475 g/mol. The minimum absolute atomic E-state index is 0.0172. The molecule has 8 heteroatoms. The zero-order valence-electron chi connectivity index (χ0n) is 19.1. The Balaban J connectivity index is 1.59. The van der Waals surface area contributed by atoms with Gasteiger partial charge in [-0.3, -0.25) is 14.2 Å². The standard InChI is InChI=1S/C26H29N5O2S/c27-15-16-30-21-14-8-7-13-20(21)23-24(30)25(33)31(19-11-5-2-6-12-19)26(29-23)34-17-22(32)28-18-9-3-1-4-10-18/h2,5-8,11-14,18H,1,3-4,9-10,15-17,27H2,(H,28,32). The van der Waals surface area contributed by atoms with E-state index in [2.05, 4.69) is 5.32 Å². The van der Waals surface area contributed by atoms with Gasteiger partial charge in [-0.25, -0.2) is 4.98 Å². The zero-order chi connectivity index (χ0) is 23.5. The topological polar surface area (TPSA) is 94.9 Å². The summed E-state index contributed by atoms with van der Waals surface area (Å²) in [6.45, 7) is 0.933. The number of carbonyl (C=O) groups is 1. The van der Waals surface area contributed by atoms with E-state index in [1.165, 1.54) is 18.2 Å². The number of carbonyl (C=O) groups excluding carboxylic acids is 1. The second kappa shape index (κ2) is 10.0. The summed E-state index contributed by atoms with van der Waals surface area (Å²) >= 11 is 1.30. The van der Waals surface area contributed by atoms with Crippen LogP contribution in [-0.2, 0) is 11.3 Å². The van der Waals surface area contributed by atoms with Crippen molar-refractivity contribution in [1.82, 2.24) is 19.4 Å². The van der Waals surface area contributed by atoms with Gasteiger partial charge in [-0.1, -0.05) is 67.4 Å².